The summed E-state index contributed by atoms with van der Waals surface area (Å²) in [5.41, 5.74) is 5.39. The van der Waals surface area contributed by atoms with E-state index in [1.54, 1.807) is 12.1 Å². The highest BCUT2D eigenvalue weighted by atomic mass is 19.1. The molecule has 0 saturated carbocycles. The van der Waals surface area contributed by atoms with E-state index in [-0.39, 0.29) is 5.82 Å². The summed E-state index contributed by atoms with van der Waals surface area (Å²) in [6, 6.07) is 6.32. The SMILES string of the molecule is CCn1c(C)c(C)c2c(-c3ccc(F)cc3)c(C(OC(C)(C)C)C(=O)OC)c(C)nc21. The van der Waals surface area contributed by atoms with Crippen LogP contribution >= 0.6 is 0 Å². The smallest absolute Gasteiger partial charge is 0.339 e. The molecule has 0 saturated heterocycles. The minimum Gasteiger partial charge on any atom is -0.467 e. The van der Waals surface area contributed by atoms with E-state index in [0.717, 1.165) is 40.0 Å². The topological polar surface area (TPSA) is 53.4 Å². The van der Waals surface area contributed by atoms with Crippen molar-refractivity contribution in [2.24, 2.45) is 0 Å². The molecule has 3 rings (SSSR count). The summed E-state index contributed by atoms with van der Waals surface area (Å²) in [6.07, 6.45) is -0.966. The number of esters is 1. The first-order valence-electron chi connectivity index (χ1n) is 10.5. The van der Waals surface area contributed by atoms with Crippen LogP contribution in [0.25, 0.3) is 22.2 Å². The molecule has 0 spiro atoms. The molecule has 0 bridgehead atoms. The molecule has 0 amide bonds. The summed E-state index contributed by atoms with van der Waals surface area (Å²) in [5, 5.41) is 0.943. The van der Waals surface area contributed by atoms with Crippen molar-refractivity contribution in [3.8, 4) is 11.1 Å². The average molecular weight is 427 g/mol. The number of ether oxygens (including phenoxy) is 2. The fraction of sp³-hybridized carbons (Fsp3) is 0.440. The Labute approximate surface area is 183 Å². The first-order chi connectivity index (χ1) is 14.5. The van der Waals surface area contributed by atoms with Crippen LogP contribution in [0.4, 0.5) is 4.39 Å². The van der Waals surface area contributed by atoms with Gasteiger partial charge in [0.1, 0.15) is 11.5 Å². The van der Waals surface area contributed by atoms with Gasteiger partial charge in [0.15, 0.2) is 6.10 Å². The predicted octanol–water partition coefficient (Wildman–Crippen LogP) is 5.82. The molecule has 0 aliphatic heterocycles. The number of pyridine rings is 1. The van der Waals surface area contributed by atoms with E-state index in [4.69, 9.17) is 14.5 Å². The van der Waals surface area contributed by atoms with Gasteiger partial charge in [-0.3, -0.25) is 0 Å². The summed E-state index contributed by atoms with van der Waals surface area (Å²) in [7, 11) is 1.35. The van der Waals surface area contributed by atoms with E-state index >= 15 is 0 Å². The highest BCUT2D eigenvalue weighted by Crippen LogP contribution is 2.42. The summed E-state index contributed by atoms with van der Waals surface area (Å²) < 4.78 is 27.2. The number of aryl methyl sites for hydroxylation is 3. The van der Waals surface area contributed by atoms with Gasteiger partial charge in [-0.15, -0.1) is 0 Å². The number of halogens is 1. The van der Waals surface area contributed by atoms with Crippen LogP contribution in [0.1, 0.15) is 56.3 Å². The monoisotopic (exact) mass is 426 g/mol. The fourth-order valence-electron chi connectivity index (χ4n) is 4.10. The molecule has 0 N–H and O–H groups in total. The highest BCUT2D eigenvalue weighted by Gasteiger charge is 2.34. The molecule has 2 heterocycles. The third kappa shape index (κ3) is 4.22. The molecular weight excluding hydrogens is 395 g/mol. The third-order valence-electron chi connectivity index (χ3n) is 5.58. The maximum Gasteiger partial charge on any atom is 0.339 e. The van der Waals surface area contributed by atoms with E-state index in [2.05, 4.69) is 25.3 Å². The third-order valence-corrected chi connectivity index (χ3v) is 5.58. The van der Waals surface area contributed by atoms with Gasteiger partial charge in [0, 0.05) is 34.4 Å². The molecule has 5 nitrogen and oxygen atoms in total. The van der Waals surface area contributed by atoms with E-state index in [1.165, 1.54) is 19.2 Å². The second-order valence-electron chi connectivity index (χ2n) is 8.78. The van der Waals surface area contributed by atoms with Crippen LogP contribution in [0.5, 0.6) is 0 Å². The van der Waals surface area contributed by atoms with Gasteiger partial charge in [-0.05, 0) is 71.7 Å². The Kier molecular flexibility index (Phi) is 6.23. The van der Waals surface area contributed by atoms with E-state index in [9.17, 15) is 9.18 Å². The molecule has 0 aliphatic carbocycles. The Morgan fingerprint density at radius 3 is 2.29 bits per heavy atom. The highest BCUT2D eigenvalue weighted by molar-refractivity contribution is 6.00. The molecule has 3 aromatic rings. The molecule has 0 aliphatic rings. The van der Waals surface area contributed by atoms with Crippen molar-refractivity contribution in [3.05, 3.63) is 52.6 Å². The number of fused-ring (bicyclic) bond motifs is 1. The second kappa shape index (κ2) is 8.42. The lowest BCUT2D eigenvalue weighted by Crippen LogP contribution is -2.29. The van der Waals surface area contributed by atoms with Crippen LogP contribution < -0.4 is 0 Å². The Morgan fingerprint density at radius 1 is 1.16 bits per heavy atom. The normalized spacial score (nSPS) is 12.9. The number of hydrogen-bond donors (Lipinski definition) is 0. The number of carbonyl (C=O) groups is 1. The fourth-order valence-corrected chi connectivity index (χ4v) is 4.10. The number of carbonyl (C=O) groups excluding carboxylic acids is 1. The Balaban J connectivity index is 2.49. The summed E-state index contributed by atoms with van der Waals surface area (Å²) in [4.78, 5) is 17.8. The lowest BCUT2D eigenvalue weighted by Gasteiger charge is -2.28. The minimum absolute atomic E-state index is 0.318. The summed E-state index contributed by atoms with van der Waals surface area (Å²) in [6.45, 7) is 14.5. The first-order valence-corrected chi connectivity index (χ1v) is 10.5. The number of rotatable bonds is 5. The lowest BCUT2D eigenvalue weighted by atomic mass is 9.91. The molecule has 6 heteroatoms. The molecule has 1 atom stereocenters. The maximum atomic E-state index is 13.7. The van der Waals surface area contributed by atoms with Crippen molar-refractivity contribution in [2.75, 3.05) is 7.11 Å². The average Bonchev–Trinajstić information content (AvgIpc) is 2.94. The largest absolute Gasteiger partial charge is 0.467 e. The zero-order valence-electron chi connectivity index (χ0n) is 19.6. The summed E-state index contributed by atoms with van der Waals surface area (Å²) >= 11 is 0. The quantitative estimate of drug-likeness (QED) is 0.483. The standard InChI is InChI=1S/C25H31FN2O3/c1-9-28-16(4)14(2)19-21(17-10-12-18(26)13-11-17)20(15(3)27-23(19)28)22(24(29)30-8)31-25(5,6)7/h10-13,22H,9H2,1-8H3. The molecule has 2 aromatic heterocycles. The van der Waals surface area contributed by atoms with E-state index < -0.39 is 17.7 Å². The van der Waals surface area contributed by atoms with E-state index in [0.29, 0.717) is 11.3 Å². The number of hydrogen-bond acceptors (Lipinski definition) is 4. The van der Waals surface area contributed by atoms with Crippen LogP contribution in [0.2, 0.25) is 0 Å². The first kappa shape index (κ1) is 22.9. The molecule has 1 unspecified atom stereocenters. The summed E-state index contributed by atoms with van der Waals surface area (Å²) in [5.74, 6) is -0.811. The molecular formula is C25H31FN2O3. The molecule has 0 radical (unpaired) electrons. The van der Waals surface area contributed by atoms with Gasteiger partial charge in [-0.2, -0.15) is 0 Å². The van der Waals surface area contributed by atoms with Crippen molar-refractivity contribution >= 4 is 17.0 Å². The lowest BCUT2D eigenvalue weighted by molar-refractivity contribution is -0.164. The maximum absolute atomic E-state index is 13.7. The van der Waals surface area contributed by atoms with Crippen molar-refractivity contribution in [1.82, 2.24) is 9.55 Å². The predicted molar refractivity (Wildman–Crippen MR) is 121 cm³/mol. The molecule has 0 fully saturated rings. The molecule has 1 aromatic carbocycles. The van der Waals surface area contributed by atoms with E-state index in [1.807, 2.05) is 27.7 Å². The van der Waals surface area contributed by atoms with Crippen LogP contribution in [-0.2, 0) is 20.8 Å². The van der Waals surface area contributed by atoms with Crippen molar-refractivity contribution in [2.45, 2.75) is 66.7 Å². The Hall–Kier alpha value is -2.73. The number of nitrogens with zero attached hydrogens (tertiary/aromatic N) is 2. The van der Waals surface area contributed by atoms with Gasteiger partial charge in [0.25, 0.3) is 0 Å². The van der Waals surface area contributed by atoms with Gasteiger partial charge in [0.05, 0.1) is 12.7 Å². The van der Waals surface area contributed by atoms with Crippen molar-refractivity contribution in [1.29, 1.82) is 0 Å². The Morgan fingerprint density at radius 2 is 1.77 bits per heavy atom. The number of methoxy groups -OCH3 is 1. The van der Waals surface area contributed by atoms with Gasteiger partial charge in [0.2, 0.25) is 0 Å². The van der Waals surface area contributed by atoms with Gasteiger partial charge < -0.3 is 14.0 Å². The van der Waals surface area contributed by atoms with Crippen LogP contribution in [0.3, 0.4) is 0 Å². The second-order valence-corrected chi connectivity index (χ2v) is 8.78. The zero-order valence-corrected chi connectivity index (χ0v) is 19.6. The van der Waals surface area contributed by atoms with Crippen molar-refractivity contribution < 1.29 is 18.7 Å². The van der Waals surface area contributed by atoms with Gasteiger partial charge >= 0.3 is 5.97 Å². The molecule has 31 heavy (non-hydrogen) atoms. The van der Waals surface area contributed by atoms with Crippen LogP contribution in [0.15, 0.2) is 24.3 Å². The van der Waals surface area contributed by atoms with Crippen LogP contribution in [-0.4, -0.2) is 28.2 Å². The van der Waals surface area contributed by atoms with Crippen LogP contribution in [0, 0.1) is 26.6 Å². The Bertz CT molecular complexity index is 1120. The minimum atomic E-state index is -0.966. The van der Waals surface area contributed by atoms with Gasteiger partial charge in [-0.25, -0.2) is 14.2 Å². The van der Waals surface area contributed by atoms with Gasteiger partial charge in [-0.1, -0.05) is 12.1 Å². The van der Waals surface area contributed by atoms with Crippen molar-refractivity contribution in [3.63, 3.8) is 0 Å². The molecule has 166 valence electrons. The zero-order chi connectivity index (χ0) is 23.1. The number of benzene rings is 1. The number of aromatic nitrogens is 2.